The lowest BCUT2D eigenvalue weighted by molar-refractivity contribution is 0.102. The van der Waals surface area contributed by atoms with Crippen LogP contribution < -0.4 is 14.9 Å². The number of hydrogen-bond donors (Lipinski definition) is 2. The molecule has 0 bridgehead atoms. The Morgan fingerprint density at radius 1 is 0.897 bits per heavy atom. The van der Waals surface area contributed by atoms with Gasteiger partial charge < -0.3 is 10.2 Å². The van der Waals surface area contributed by atoms with Crippen molar-refractivity contribution in [2.75, 3.05) is 29.0 Å². The quantitative estimate of drug-likeness (QED) is 0.642. The highest BCUT2D eigenvalue weighted by molar-refractivity contribution is 7.92. The van der Waals surface area contributed by atoms with Crippen molar-refractivity contribution in [3.05, 3.63) is 83.9 Å². The minimum atomic E-state index is -3.72. The van der Waals surface area contributed by atoms with E-state index in [1.165, 1.54) is 12.1 Å². The molecule has 0 unspecified atom stereocenters. The zero-order chi connectivity index (χ0) is 21.0. The molecule has 0 spiro atoms. The van der Waals surface area contributed by atoms with E-state index in [0.29, 0.717) is 16.9 Å². The fraction of sp³-hybridized carbons (Fsp3) is 0.136. The van der Waals surface area contributed by atoms with Crippen molar-refractivity contribution >= 4 is 33.0 Å². The van der Waals surface area contributed by atoms with Gasteiger partial charge in [0.25, 0.3) is 15.9 Å². The molecule has 3 aromatic carbocycles. The molecule has 6 nitrogen and oxygen atoms in total. The highest BCUT2D eigenvalue weighted by Crippen LogP contribution is 2.24. The van der Waals surface area contributed by atoms with E-state index >= 15 is 0 Å². The van der Waals surface area contributed by atoms with Gasteiger partial charge in [-0.25, -0.2) is 8.42 Å². The number of nitrogens with zero attached hydrogens (tertiary/aromatic N) is 1. The molecule has 1 amide bonds. The number of anilines is 3. The van der Waals surface area contributed by atoms with E-state index in [4.69, 9.17) is 0 Å². The lowest BCUT2D eigenvalue weighted by Crippen LogP contribution is -2.16. The van der Waals surface area contributed by atoms with E-state index in [2.05, 4.69) is 10.0 Å². The highest BCUT2D eigenvalue weighted by atomic mass is 32.2. The number of carbonyl (C=O) groups is 1. The van der Waals surface area contributed by atoms with Crippen LogP contribution in [0.3, 0.4) is 0 Å². The predicted molar refractivity (Wildman–Crippen MR) is 117 cm³/mol. The van der Waals surface area contributed by atoms with E-state index in [-0.39, 0.29) is 10.8 Å². The van der Waals surface area contributed by atoms with E-state index in [0.717, 1.165) is 11.3 Å². The summed E-state index contributed by atoms with van der Waals surface area (Å²) in [6.07, 6.45) is 0. The summed E-state index contributed by atoms with van der Waals surface area (Å²) in [5.74, 6) is -0.269. The molecule has 0 fully saturated rings. The summed E-state index contributed by atoms with van der Waals surface area (Å²) in [7, 11) is 0.0932. The third kappa shape index (κ3) is 4.94. The summed E-state index contributed by atoms with van der Waals surface area (Å²) in [5, 5.41) is 2.83. The number of hydrogen-bond acceptors (Lipinski definition) is 4. The summed E-state index contributed by atoms with van der Waals surface area (Å²) in [6.45, 7) is 1.80. The van der Waals surface area contributed by atoms with Gasteiger partial charge in [0.1, 0.15) is 0 Å². The van der Waals surface area contributed by atoms with Crippen molar-refractivity contribution in [3.8, 4) is 0 Å². The maximum absolute atomic E-state index is 12.6. The fourth-order valence-corrected chi connectivity index (χ4v) is 3.88. The average Bonchev–Trinajstić information content (AvgIpc) is 2.71. The first-order chi connectivity index (χ1) is 13.8. The van der Waals surface area contributed by atoms with Crippen LogP contribution in [0, 0.1) is 6.92 Å². The largest absolute Gasteiger partial charge is 0.378 e. The van der Waals surface area contributed by atoms with Crippen LogP contribution in [0.5, 0.6) is 0 Å². The van der Waals surface area contributed by atoms with Gasteiger partial charge in [0.2, 0.25) is 0 Å². The molecular formula is C22H23N3O3S. The van der Waals surface area contributed by atoms with Gasteiger partial charge in [-0.3, -0.25) is 9.52 Å². The lowest BCUT2D eigenvalue weighted by Gasteiger charge is -2.15. The third-order valence-electron chi connectivity index (χ3n) is 4.42. The van der Waals surface area contributed by atoms with Crippen molar-refractivity contribution < 1.29 is 13.2 Å². The molecule has 0 aliphatic rings. The number of aryl methyl sites for hydroxylation is 1. The van der Waals surface area contributed by atoms with Crippen LogP contribution in [0.2, 0.25) is 0 Å². The molecule has 3 rings (SSSR count). The second-order valence-electron chi connectivity index (χ2n) is 6.85. The van der Waals surface area contributed by atoms with Crippen molar-refractivity contribution in [1.29, 1.82) is 0 Å². The average molecular weight is 410 g/mol. The molecule has 3 aromatic rings. The van der Waals surface area contributed by atoms with E-state index < -0.39 is 10.0 Å². The summed E-state index contributed by atoms with van der Waals surface area (Å²) in [5.41, 5.74) is 3.09. The van der Waals surface area contributed by atoms with Gasteiger partial charge in [-0.2, -0.15) is 0 Å². The maximum atomic E-state index is 12.6. The number of nitrogens with one attached hydrogen (secondary N) is 2. The SMILES string of the molecule is Cc1ccc(NC(=O)c2cccc(N(C)C)c2)cc1NS(=O)(=O)c1ccccc1. The molecule has 7 heteroatoms. The Bertz CT molecular complexity index is 1130. The molecular weight excluding hydrogens is 386 g/mol. The van der Waals surface area contributed by atoms with E-state index in [1.807, 2.05) is 31.1 Å². The van der Waals surface area contributed by atoms with Crippen LogP contribution in [0.15, 0.2) is 77.7 Å². The van der Waals surface area contributed by atoms with Crippen molar-refractivity contribution in [2.24, 2.45) is 0 Å². The van der Waals surface area contributed by atoms with Gasteiger partial charge in [0, 0.05) is 31.0 Å². The predicted octanol–water partition coefficient (Wildman–Crippen LogP) is 4.11. The van der Waals surface area contributed by atoms with Gasteiger partial charge in [0.05, 0.1) is 10.6 Å². The van der Waals surface area contributed by atoms with Gasteiger partial charge in [-0.15, -0.1) is 0 Å². The van der Waals surface area contributed by atoms with E-state index in [1.54, 1.807) is 55.5 Å². The van der Waals surface area contributed by atoms with Gasteiger partial charge in [0.15, 0.2) is 0 Å². The molecule has 0 atom stereocenters. The van der Waals surface area contributed by atoms with Crippen LogP contribution in [-0.4, -0.2) is 28.4 Å². The Labute approximate surface area is 171 Å². The second kappa shape index (κ2) is 8.36. The Morgan fingerprint density at radius 3 is 2.31 bits per heavy atom. The Hall–Kier alpha value is -3.32. The smallest absolute Gasteiger partial charge is 0.261 e. The molecule has 0 saturated heterocycles. The molecule has 0 radical (unpaired) electrons. The highest BCUT2D eigenvalue weighted by Gasteiger charge is 2.16. The van der Waals surface area contributed by atoms with Crippen LogP contribution in [0.4, 0.5) is 17.1 Å². The Morgan fingerprint density at radius 2 is 1.62 bits per heavy atom. The van der Waals surface area contributed by atoms with Gasteiger partial charge >= 0.3 is 0 Å². The molecule has 0 aliphatic heterocycles. The Balaban J connectivity index is 1.82. The van der Waals surface area contributed by atoms with Crippen LogP contribution in [-0.2, 0) is 10.0 Å². The number of rotatable bonds is 6. The zero-order valence-electron chi connectivity index (χ0n) is 16.5. The molecule has 2 N–H and O–H groups in total. The first-order valence-corrected chi connectivity index (χ1v) is 10.5. The molecule has 0 saturated carbocycles. The monoisotopic (exact) mass is 409 g/mol. The zero-order valence-corrected chi connectivity index (χ0v) is 17.3. The van der Waals surface area contributed by atoms with Crippen molar-refractivity contribution in [3.63, 3.8) is 0 Å². The van der Waals surface area contributed by atoms with Crippen LogP contribution >= 0.6 is 0 Å². The first-order valence-electron chi connectivity index (χ1n) is 9.03. The van der Waals surface area contributed by atoms with Crippen molar-refractivity contribution in [1.82, 2.24) is 0 Å². The third-order valence-corrected chi connectivity index (χ3v) is 5.80. The topological polar surface area (TPSA) is 78.5 Å². The summed E-state index contributed by atoms with van der Waals surface area (Å²) in [6, 6.07) is 20.5. The molecule has 0 aromatic heterocycles. The first kappa shape index (κ1) is 20.4. The van der Waals surface area contributed by atoms with Crippen molar-refractivity contribution in [2.45, 2.75) is 11.8 Å². The molecule has 0 aliphatic carbocycles. The fourth-order valence-electron chi connectivity index (χ4n) is 2.74. The second-order valence-corrected chi connectivity index (χ2v) is 8.53. The number of sulfonamides is 1. The minimum absolute atomic E-state index is 0.175. The van der Waals surface area contributed by atoms with Gasteiger partial charge in [-0.1, -0.05) is 30.3 Å². The molecule has 0 heterocycles. The number of benzene rings is 3. The standard InChI is InChI=1S/C22H23N3O3S/c1-16-12-13-18(23-22(26)17-8-7-9-19(14-17)25(2)3)15-21(16)24-29(27,28)20-10-5-4-6-11-20/h4-15,24H,1-3H3,(H,23,26). The minimum Gasteiger partial charge on any atom is -0.378 e. The number of amides is 1. The molecule has 29 heavy (non-hydrogen) atoms. The summed E-state index contributed by atoms with van der Waals surface area (Å²) in [4.78, 5) is 14.7. The summed E-state index contributed by atoms with van der Waals surface area (Å²) >= 11 is 0. The van der Waals surface area contributed by atoms with Gasteiger partial charge in [-0.05, 0) is 55.0 Å². The summed E-state index contributed by atoms with van der Waals surface area (Å²) < 4.78 is 27.8. The molecule has 150 valence electrons. The normalized spacial score (nSPS) is 11.0. The van der Waals surface area contributed by atoms with Crippen LogP contribution in [0.1, 0.15) is 15.9 Å². The maximum Gasteiger partial charge on any atom is 0.261 e. The lowest BCUT2D eigenvalue weighted by atomic mass is 10.1. The Kier molecular flexibility index (Phi) is 5.89. The van der Waals surface area contributed by atoms with E-state index in [9.17, 15) is 13.2 Å². The van der Waals surface area contributed by atoms with Crippen LogP contribution in [0.25, 0.3) is 0 Å². The number of carbonyl (C=O) groups excluding carboxylic acids is 1.